The second kappa shape index (κ2) is 6.10. The van der Waals surface area contributed by atoms with Crippen molar-refractivity contribution in [3.8, 4) is 11.4 Å². The number of hydrogen-bond donors (Lipinski definition) is 3. The number of carbonyl (C=O) groups is 1. The van der Waals surface area contributed by atoms with Gasteiger partial charge in [0, 0.05) is 17.7 Å². The number of aromatic nitrogens is 3. The highest BCUT2D eigenvalue weighted by molar-refractivity contribution is 5.95. The molecule has 2 rings (SSSR count). The third-order valence-electron chi connectivity index (χ3n) is 2.66. The van der Waals surface area contributed by atoms with E-state index in [1.807, 2.05) is 6.07 Å². The predicted molar refractivity (Wildman–Crippen MR) is 70.4 cm³/mol. The van der Waals surface area contributed by atoms with E-state index in [-0.39, 0.29) is 5.91 Å². The number of H-pyrrole nitrogens is 1. The number of benzene rings is 1. The van der Waals surface area contributed by atoms with E-state index in [2.05, 4.69) is 20.5 Å². The van der Waals surface area contributed by atoms with Gasteiger partial charge in [-0.25, -0.2) is 4.98 Å². The summed E-state index contributed by atoms with van der Waals surface area (Å²) in [4.78, 5) is 15.9. The highest BCUT2D eigenvalue weighted by atomic mass is 16.3. The molecule has 6 nitrogen and oxygen atoms in total. The molecule has 2 aromatic rings. The molecule has 19 heavy (non-hydrogen) atoms. The average molecular weight is 260 g/mol. The van der Waals surface area contributed by atoms with Gasteiger partial charge in [0.15, 0.2) is 5.82 Å². The molecular formula is C13H16N4O2. The maximum Gasteiger partial charge on any atom is 0.251 e. The Balaban J connectivity index is 2.04. The number of aromatic amines is 1. The molecule has 1 heterocycles. The van der Waals surface area contributed by atoms with E-state index in [9.17, 15) is 4.79 Å². The topological polar surface area (TPSA) is 90.9 Å². The fourth-order valence-corrected chi connectivity index (χ4v) is 1.65. The monoisotopic (exact) mass is 260 g/mol. The Morgan fingerprint density at radius 2 is 2.37 bits per heavy atom. The first-order chi connectivity index (χ1) is 9.16. The molecule has 3 N–H and O–H groups in total. The lowest BCUT2D eigenvalue weighted by Gasteiger charge is -2.07. The van der Waals surface area contributed by atoms with E-state index in [4.69, 9.17) is 5.11 Å². The van der Waals surface area contributed by atoms with Gasteiger partial charge >= 0.3 is 0 Å². The van der Waals surface area contributed by atoms with Gasteiger partial charge in [0.1, 0.15) is 6.33 Å². The van der Waals surface area contributed by atoms with Crippen molar-refractivity contribution < 1.29 is 9.90 Å². The third kappa shape index (κ3) is 3.62. The highest BCUT2D eigenvalue weighted by Crippen LogP contribution is 2.15. The zero-order chi connectivity index (χ0) is 13.7. The van der Waals surface area contributed by atoms with E-state index < -0.39 is 6.10 Å². The zero-order valence-electron chi connectivity index (χ0n) is 10.6. The molecule has 1 aromatic heterocycles. The summed E-state index contributed by atoms with van der Waals surface area (Å²) in [5.74, 6) is 0.459. The van der Waals surface area contributed by atoms with E-state index in [1.165, 1.54) is 6.33 Å². The molecule has 6 heteroatoms. The molecule has 0 radical (unpaired) electrons. The van der Waals surface area contributed by atoms with Gasteiger partial charge in [-0.2, -0.15) is 5.10 Å². The molecule has 0 fully saturated rings. The molecule has 0 aliphatic rings. The molecule has 1 unspecified atom stereocenters. The SMILES string of the molecule is CC(O)CCNC(=O)c1cccc(-c2ncn[nH]2)c1. The second-order valence-corrected chi connectivity index (χ2v) is 4.31. The summed E-state index contributed by atoms with van der Waals surface area (Å²) in [7, 11) is 0. The van der Waals surface area contributed by atoms with Gasteiger partial charge in [0.2, 0.25) is 0 Å². The van der Waals surface area contributed by atoms with Crippen LogP contribution in [0.4, 0.5) is 0 Å². The number of rotatable bonds is 5. The van der Waals surface area contributed by atoms with Crippen LogP contribution in [0.15, 0.2) is 30.6 Å². The number of hydrogen-bond acceptors (Lipinski definition) is 4. The summed E-state index contributed by atoms with van der Waals surface area (Å²) in [5, 5.41) is 18.4. The van der Waals surface area contributed by atoms with Crippen LogP contribution in [-0.2, 0) is 0 Å². The molecule has 1 aromatic carbocycles. The Bertz CT molecular complexity index is 537. The van der Waals surface area contributed by atoms with Crippen molar-refractivity contribution in [1.82, 2.24) is 20.5 Å². The smallest absolute Gasteiger partial charge is 0.251 e. The lowest BCUT2D eigenvalue weighted by Crippen LogP contribution is -2.26. The van der Waals surface area contributed by atoms with Crippen molar-refractivity contribution in [2.75, 3.05) is 6.54 Å². The van der Waals surface area contributed by atoms with Gasteiger partial charge in [-0.1, -0.05) is 12.1 Å². The molecule has 0 saturated heterocycles. The van der Waals surface area contributed by atoms with Crippen molar-refractivity contribution in [2.24, 2.45) is 0 Å². The van der Waals surface area contributed by atoms with Crippen LogP contribution in [0.3, 0.4) is 0 Å². The Morgan fingerprint density at radius 3 is 3.05 bits per heavy atom. The molecule has 0 aliphatic carbocycles. The summed E-state index contributed by atoms with van der Waals surface area (Å²) in [6.45, 7) is 2.14. The van der Waals surface area contributed by atoms with Gasteiger partial charge in [-0.15, -0.1) is 0 Å². The number of aliphatic hydroxyl groups excluding tert-OH is 1. The second-order valence-electron chi connectivity index (χ2n) is 4.31. The predicted octanol–water partition coefficient (Wildman–Crippen LogP) is 0.972. The Labute approximate surface area is 110 Å². The average Bonchev–Trinajstić information content (AvgIpc) is 2.92. The third-order valence-corrected chi connectivity index (χ3v) is 2.66. The van der Waals surface area contributed by atoms with Crippen LogP contribution in [0, 0.1) is 0 Å². The van der Waals surface area contributed by atoms with Crippen LogP contribution in [0.1, 0.15) is 23.7 Å². The Hall–Kier alpha value is -2.21. The fourth-order valence-electron chi connectivity index (χ4n) is 1.65. The lowest BCUT2D eigenvalue weighted by molar-refractivity contribution is 0.0945. The maximum atomic E-state index is 11.9. The van der Waals surface area contributed by atoms with E-state index >= 15 is 0 Å². The minimum atomic E-state index is -0.416. The number of amides is 1. The van der Waals surface area contributed by atoms with Gasteiger partial charge in [0.25, 0.3) is 5.91 Å². The molecule has 0 saturated carbocycles. The van der Waals surface area contributed by atoms with Gasteiger partial charge < -0.3 is 10.4 Å². The standard InChI is InChI=1S/C13H16N4O2/c1-9(18)5-6-14-13(19)11-4-2-3-10(7-11)12-15-8-16-17-12/h2-4,7-9,18H,5-6H2,1H3,(H,14,19)(H,15,16,17). The first-order valence-electron chi connectivity index (χ1n) is 6.09. The van der Waals surface area contributed by atoms with E-state index in [0.717, 1.165) is 5.56 Å². The van der Waals surface area contributed by atoms with E-state index in [0.29, 0.717) is 24.4 Å². The molecule has 0 aliphatic heterocycles. The number of nitrogens with one attached hydrogen (secondary N) is 2. The van der Waals surface area contributed by atoms with Crippen LogP contribution < -0.4 is 5.32 Å². The summed E-state index contributed by atoms with van der Waals surface area (Å²) < 4.78 is 0. The molecule has 100 valence electrons. The van der Waals surface area contributed by atoms with Crippen molar-refractivity contribution in [2.45, 2.75) is 19.4 Å². The molecule has 0 bridgehead atoms. The Morgan fingerprint density at radius 1 is 1.53 bits per heavy atom. The molecule has 1 amide bonds. The molecule has 0 spiro atoms. The minimum absolute atomic E-state index is 0.165. The van der Waals surface area contributed by atoms with E-state index in [1.54, 1.807) is 25.1 Å². The van der Waals surface area contributed by atoms with Crippen molar-refractivity contribution in [1.29, 1.82) is 0 Å². The molecule has 1 atom stereocenters. The number of nitrogens with zero attached hydrogens (tertiary/aromatic N) is 2. The quantitative estimate of drug-likeness (QED) is 0.747. The van der Waals surface area contributed by atoms with Gasteiger partial charge in [0.05, 0.1) is 6.10 Å². The summed E-state index contributed by atoms with van der Waals surface area (Å²) in [5.41, 5.74) is 1.36. The van der Waals surface area contributed by atoms with Crippen molar-refractivity contribution >= 4 is 5.91 Å². The van der Waals surface area contributed by atoms with Crippen LogP contribution in [0.2, 0.25) is 0 Å². The first kappa shape index (κ1) is 13.2. The fraction of sp³-hybridized carbons (Fsp3) is 0.308. The van der Waals surface area contributed by atoms with Crippen molar-refractivity contribution in [3.63, 3.8) is 0 Å². The highest BCUT2D eigenvalue weighted by Gasteiger charge is 2.08. The van der Waals surface area contributed by atoms with Crippen LogP contribution >= 0.6 is 0 Å². The number of aliphatic hydroxyl groups is 1. The Kier molecular flexibility index (Phi) is 4.25. The number of carbonyl (C=O) groups excluding carboxylic acids is 1. The normalized spacial score (nSPS) is 12.1. The van der Waals surface area contributed by atoms with Crippen LogP contribution in [0.5, 0.6) is 0 Å². The zero-order valence-corrected chi connectivity index (χ0v) is 10.6. The summed E-state index contributed by atoms with van der Waals surface area (Å²) in [6, 6.07) is 7.13. The van der Waals surface area contributed by atoms with Crippen LogP contribution in [-0.4, -0.2) is 38.8 Å². The largest absolute Gasteiger partial charge is 0.393 e. The minimum Gasteiger partial charge on any atom is -0.393 e. The van der Waals surface area contributed by atoms with Gasteiger partial charge in [-0.05, 0) is 25.5 Å². The van der Waals surface area contributed by atoms with Crippen molar-refractivity contribution in [3.05, 3.63) is 36.2 Å². The molecular weight excluding hydrogens is 244 g/mol. The van der Waals surface area contributed by atoms with Gasteiger partial charge in [-0.3, -0.25) is 9.89 Å². The maximum absolute atomic E-state index is 11.9. The lowest BCUT2D eigenvalue weighted by atomic mass is 10.1. The summed E-state index contributed by atoms with van der Waals surface area (Å²) in [6.07, 6.45) is 1.54. The summed E-state index contributed by atoms with van der Waals surface area (Å²) >= 11 is 0. The van der Waals surface area contributed by atoms with Crippen LogP contribution in [0.25, 0.3) is 11.4 Å². The first-order valence-corrected chi connectivity index (χ1v) is 6.09.